The van der Waals surface area contributed by atoms with E-state index in [0.29, 0.717) is 61.0 Å². The van der Waals surface area contributed by atoms with Crippen LogP contribution in [0, 0.1) is 17.4 Å². The highest BCUT2D eigenvalue weighted by molar-refractivity contribution is 6.33. The Bertz CT molecular complexity index is 2200. The maximum Gasteiger partial charge on any atom is 0.262 e. The summed E-state index contributed by atoms with van der Waals surface area (Å²) in [4.78, 5) is 72.6. The first kappa shape index (κ1) is 38.5. The Morgan fingerprint density at radius 1 is 0.947 bits per heavy atom. The van der Waals surface area contributed by atoms with Crippen LogP contribution in [0.5, 0.6) is 5.75 Å². The van der Waals surface area contributed by atoms with Crippen LogP contribution in [0.15, 0.2) is 54.6 Å². The van der Waals surface area contributed by atoms with Gasteiger partial charge in [0.15, 0.2) is 0 Å². The molecule has 4 heterocycles. The van der Waals surface area contributed by atoms with E-state index in [9.17, 15) is 24.0 Å². The van der Waals surface area contributed by atoms with E-state index in [0.717, 1.165) is 21.7 Å². The third kappa shape index (κ3) is 6.72. The SMILES string of the molecule is [C-]#[N+]c1ccc(OC2C(C)(C)C(NC(=O)c3ccc(N4CCC(F)(CN5Cc6cc7c(cc6C5)C(=O)N(C5CCC(=O)NC5=O)C7=O)CC4)cc3)C2(C)C)cc1Cl. The van der Waals surface area contributed by atoms with Gasteiger partial charge in [0.05, 0.1) is 22.7 Å². The van der Waals surface area contributed by atoms with Crippen molar-refractivity contribution in [2.24, 2.45) is 10.8 Å². The Kier molecular flexibility index (Phi) is 9.44. The van der Waals surface area contributed by atoms with Gasteiger partial charge in [0.1, 0.15) is 23.6 Å². The van der Waals surface area contributed by atoms with Gasteiger partial charge in [-0.05, 0) is 66.1 Å². The number of anilines is 1. The van der Waals surface area contributed by atoms with Gasteiger partial charge >= 0.3 is 0 Å². The van der Waals surface area contributed by atoms with Crippen LogP contribution in [0.2, 0.25) is 5.02 Å². The van der Waals surface area contributed by atoms with E-state index in [-0.39, 0.29) is 48.6 Å². The van der Waals surface area contributed by atoms with Crippen LogP contribution in [0.1, 0.15) is 95.6 Å². The molecule has 1 atom stereocenters. The Hall–Kier alpha value is -5.32. The van der Waals surface area contributed by atoms with Crippen LogP contribution in [-0.2, 0) is 22.7 Å². The standard InChI is InChI=1S/C43H44ClFN6O6/c1-41(2)39(42(3,4)40(41)57-28-10-11-32(46-5)31(44)20-28)48-35(53)24-6-8-27(9-7-24)50-16-14-43(45,15-17-50)23-49-21-25-18-29-30(19-26(25)22-49)38(56)51(37(29)55)33-12-13-34(52)47-36(33)54/h6-11,18-20,33,39-40H,12-17,21-23H2,1-4H3,(H,48,53)(H,47,52,54). The zero-order valence-electron chi connectivity index (χ0n) is 32.3. The van der Waals surface area contributed by atoms with Crippen molar-refractivity contribution in [1.29, 1.82) is 0 Å². The fourth-order valence-corrected chi connectivity index (χ4v) is 10.1. The smallest absolute Gasteiger partial charge is 0.262 e. The van der Waals surface area contributed by atoms with Crippen LogP contribution in [0.25, 0.3) is 4.85 Å². The minimum atomic E-state index is -1.42. The van der Waals surface area contributed by atoms with E-state index < -0.39 is 46.2 Å². The quantitative estimate of drug-likeness (QED) is 0.203. The largest absolute Gasteiger partial charge is 0.489 e. The molecule has 296 valence electrons. The van der Waals surface area contributed by atoms with Gasteiger partial charge in [-0.15, -0.1) is 0 Å². The van der Waals surface area contributed by atoms with Gasteiger partial charge in [-0.3, -0.25) is 39.1 Å². The van der Waals surface area contributed by atoms with Gasteiger partial charge in [-0.25, -0.2) is 9.24 Å². The monoisotopic (exact) mass is 794 g/mol. The second kappa shape index (κ2) is 14.0. The maximum absolute atomic E-state index is 16.3. The summed E-state index contributed by atoms with van der Waals surface area (Å²) in [6, 6.07) is 14.6. The van der Waals surface area contributed by atoms with E-state index in [2.05, 4.69) is 48.1 Å². The molecule has 4 aliphatic heterocycles. The number of halogens is 2. The lowest BCUT2D eigenvalue weighted by molar-refractivity contribution is -0.164. The van der Waals surface area contributed by atoms with Crippen molar-refractivity contribution in [1.82, 2.24) is 20.4 Å². The predicted molar refractivity (Wildman–Crippen MR) is 210 cm³/mol. The lowest BCUT2D eigenvalue weighted by Crippen LogP contribution is -2.74. The fourth-order valence-electron chi connectivity index (χ4n) is 9.90. The number of amides is 5. The lowest BCUT2D eigenvalue weighted by Gasteiger charge is -2.63. The summed E-state index contributed by atoms with van der Waals surface area (Å²) in [6.45, 7) is 17.6. The average molecular weight is 795 g/mol. The number of ether oxygens (including phenoxy) is 1. The molecule has 5 amide bonds. The zero-order valence-corrected chi connectivity index (χ0v) is 33.0. The highest BCUT2D eigenvalue weighted by Gasteiger charge is 2.64. The number of imide groups is 2. The number of carbonyl (C=O) groups is 5. The molecule has 5 aliphatic rings. The highest BCUT2D eigenvalue weighted by atomic mass is 35.5. The maximum atomic E-state index is 16.3. The van der Waals surface area contributed by atoms with E-state index in [1.54, 1.807) is 42.5 Å². The topological polar surface area (TPSA) is 133 Å². The van der Waals surface area contributed by atoms with Gasteiger partial charge in [-0.2, -0.15) is 0 Å². The normalized spacial score (nSPS) is 24.6. The zero-order chi connectivity index (χ0) is 40.6. The molecule has 1 aliphatic carbocycles. The van der Waals surface area contributed by atoms with Crippen molar-refractivity contribution in [2.75, 3.05) is 24.5 Å². The molecule has 2 saturated heterocycles. The number of carbonyl (C=O) groups excluding carboxylic acids is 5. The number of nitrogens with one attached hydrogen (secondary N) is 2. The summed E-state index contributed by atoms with van der Waals surface area (Å²) < 4.78 is 22.7. The summed E-state index contributed by atoms with van der Waals surface area (Å²) in [6.07, 6.45) is 0.578. The fraction of sp³-hybridized carbons (Fsp3) is 0.442. The lowest BCUT2D eigenvalue weighted by atomic mass is 9.49. The minimum Gasteiger partial charge on any atom is -0.489 e. The number of piperidine rings is 2. The molecular weight excluding hydrogens is 751 g/mol. The number of alkyl halides is 1. The molecule has 0 radical (unpaired) electrons. The summed E-state index contributed by atoms with van der Waals surface area (Å²) >= 11 is 6.24. The van der Waals surface area contributed by atoms with E-state index in [1.165, 1.54) is 0 Å². The van der Waals surface area contributed by atoms with Gasteiger partial charge in [-0.1, -0.05) is 45.4 Å². The molecule has 0 spiro atoms. The molecule has 1 saturated carbocycles. The predicted octanol–water partition coefficient (Wildman–Crippen LogP) is 6.23. The van der Waals surface area contributed by atoms with Crippen molar-refractivity contribution in [3.8, 4) is 5.75 Å². The van der Waals surface area contributed by atoms with Crippen molar-refractivity contribution in [3.05, 3.63) is 98.9 Å². The van der Waals surface area contributed by atoms with E-state index >= 15 is 4.39 Å². The molecule has 1 unspecified atom stereocenters. The third-order valence-electron chi connectivity index (χ3n) is 12.6. The molecule has 3 fully saturated rings. The molecule has 0 aromatic heterocycles. The Morgan fingerprint density at radius 2 is 1.56 bits per heavy atom. The first-order valence-corrected chi connectivity index (χ1v) is 19.6. The summed E-state index contributed by atoms with van der Waals surface area (Å²) in [5.74, 6) is -1.78. The van der Waals surface area contributed by atoms with Crippen LogP contribution < -0.4 is 20.3 Å². The molecule has 0 bridgehead atoms. The second-order valence-corrected chi connectivity index (χ2v) is 17.6. The number of nitrogens with zero attached hydrogens (tertiary/aromatic N) is 4. The van der Waals surface area contributed by atoms with Crippen LogP contribution in [0.3, 0.4) is 0 Å². The Morgan fingerprint density at radius 3 is 2.12 bits per heavy atom. The molecule has 3 aromatic carbocycles. The van der Waals surface area contributed by atoms with Crippen molar-refractivity contribution >= 4 is 52.5 Å². The van der Waals surface area contributed by atoms with Crippen molar-refractivity contribution in [3.63, 3.8) is 0 Å². The Balaban J connectivity index is 0.838. The van der Waals surface area contributed by atoms with Crippen LogP contribution in [0.4, 0.5) is 15.8 Å². The third-order valence-corrected chi connectivity index (χ3v) is 12.9. The molecule has 3 aromatic rings. The van der Waals surface area contributed by atoms with Gasteiger partial charge < -0.3 is 15.0 Å². The average Bonchev–Trinajstić information content (AvgIpc) is 3.67. The number of rotatable bonds is 8. The highest BCUT2D eigenvalue weighted by Crippen LogP contribution is 2.56. The van der Waals surface area contributed by atoms with Gasteiger partial charge in [0, 0.05) is 80.1 Å². The Labute approximate surface area is 335 Å². The molecule has 12 nitrogen and oxygen atoms in total. The minimum absolute atomic E-state index is 0.0563. The van der Waals surface area contributed by atoms with Gasteiger partial charge in [0.2, 0.25) is 17.5 Å². The second-order valence-electron chi connectivity index (χ2n) is 17.2. The number of benzene rings is 3. The summed E-state index contributed by atoms with van der Waals surface area (Å²) in [5.41, 5.74) is 1.78. The first-order chi connectivity index (χ1) is 27.0. The molecule has 8 rings (SSSR count). The molecule has 14 heteroatoms. The van der Waals surface area contributed by atoms with Crippen LogP contribution >= 0.6 is 11.6 Å². The van der Waals surface area contributed by atoms with Crippen molar-refractivity contribution < 1.29 is 33.1 Å². The first-order valence-electron chi connectivity index (χ1n) is 19.3. The van der Waals surface area contributed by atoms with Crippen LogP contribution in [-0.4, -0.2) is 82.8 Å². The molecular formula is C43H44ClFN6O6. The molecule has 2 N–H and O–H groups in total. The van der Waals surface area contributed by atoms with E-state index in [4.69, 9.17) is 22.9 Å². The number of hydrogen-bond acceptors (Lipinski definition) is 8. The summed E-state index contributed by atoms with van der Waals surface area (Å²) in [5, 5.41) is 5.78. The summed E-state index contributed by atoms with van der Waals surface area (Å²) in [7, 11) is 0. The van der Waals surface area contributed by atoms with Gasteiger partial charge in [0.25, 0.3) is 17.7 Å². The van der Waals surface area contributed by atoms with Crippen molar-refractivity contribution in [2.45, 2.75) is 90.3 Å². The number of hydrogen-bond donors (Lipinski definition) is 2. The molecule has 57 heavy (non-hydrogen) atoms. The number of fused-ring (bicyclic) bond motifs is 2. The van der Waals surface area contributed by atoms with E-state index in [1.807, 2.05) is 17.0 Å².